The first-order valence-electron chi connectivity index (χ1n) is 15.9. The molecule has 1 aromatic rings. The van der Waals surface area contributed by atoms with Crippen LogP contribution in [0.25, 0.3) is 0 Å². The van der Waals surface area contributed by atoms with Crippen molar-refractivity contribution in [1.82, 2.24) is 4.90 Å². The van der Waals surface area contributed by atoms with Gasteiger partial charge in [0, 0.05) is 49.4 Å². The number of anilines is 2. The SMILES string of the molecule is C=CCCOC(=O)[C@@H]1[C@H]2C(=O)N(CCCCCCO)C(C(=O)N(CC=C)c3ccc(N(CC)CC)cc3)C23S[C@@H]1CC3C. The third-order valence-electron chi connectivity index (χ3n) is 9.49. The largest absolute Gasteiger partial charge is 0.465 e. The summed E-state index contributed by atoms with van der Waals surface area (Å²) in [6.45, 7) is 16.9. The third kappa shape index (κ3) is 6.25. The number of likely N-dealkylation sites (tertiary alicyclic amines) is 1. The van der Waals surface area contributed by atoms with Gasteiger partial charge in [-0.2, -0.15) is 0 Å². The number of unbranched alkanes of at least 4 members (excludes halogenated alkanes) is 3. The van der Waals surface area contributed by atoms with E-state index in [1.165, 1.54) is 0 Å². The summed E-state index contributed by atoms with van der Waals surface area (Å²) in [5.41, 5.74) is 1.86. The molecule has 2 amide bonds. The molecule has 3 unspecified atom stereocenters. The zero-order chi connectivity index (χ0) is 31.1. The number of amides is 2. The number of carbonyl (C=O) groups excluding carboxylic acids is 3. The van der Waals surface area contributed by atoms with E-state index in [1.807, 2.05) is 24.3 Å². The number of aliphatic hydroxyl groups excluding tert-OH is 1. The molecular weight excluding hydrogens is 562 g/mol. The highest BCUT2D eigenvalue weighted by molar-refractivity contribution is 8.02. The third-order valence-corrected chi connectivity index (χ3v) is 11.6. The van der Waals surface area contributed by atoms with Crippen molar-refractivity contribution in [3.8, 4) is 0 Å². The number of carbonyl (C=O) groups is 3. The molecule has 236 valence electrons. The summed E-state index contributed by atoms with van der Waals surface area (Å²) in [5, 5.41) is 9.17. The Labute approximate surface area is 261 Å². The number of thioether (sulfide) groups is 1. The molecule has 1 aromatic carbocycles. The molecule has 3 saturated heterocycles. The minimum Gasteiger partial charge on any atom is -0.465 e. The number of rotatable bonds is 17. The Balaban J connectivity index is 1.70. The molecule has 0 radical (unpaired) electrons. The minimum atomic E-state index is -0.702. The van der Waals surface area contributed by atoms with E-state index in [0.29, 0.717) is 25.9 Å². The molecule has 0 saturated carbocycles. The van der Waals surface area contributed by atoms with Crippen LogP contribution in [0.1, 0.15) is 59.3 Å². The van der Waals surface area contributed by atoms with E-state index < -0.39 is 22.6 Å². The predicted molar refractivity (Wildman–Crippen MR) is 174 cm³/mol. The van der Waals surface area contributed by atoms with Crippen molar-refractivity contribution in [1.29, 1.82) is 0 Å². The lowest BCUT2D eigenvalue weighted by molar-refractivity contribution is -0.154. The average molecular weight is 612 g/mol. The van der Waals surface area contributed by atoms with E-state index >= 15 is 0 Å². The first kappa shape index (κ1) is 33.1. The maximum atomic E-state index is 14.8. The summed E-state index contributed by atoms with van der Waals surface area (Å²) < 4.78 is 4.94. The molecule has 2 bridgehead atoms. The lowest BCUT2D eigenvalue weighted by Gasteiger charge is -2.40. The molecule has 9 heteroatoms. The lowest BCUT2D eigenvalue weighted by atomic mass is 9.66. The van der Waals surface area contributed by atoms with Gasteiger partial charge in [0.2, 0.25) is 5.91 Å². The second kappa shape index (κ2) is 14.8. The Hall–Kier alpha value is -2.78. The Morgan fingerprint density at radius 2 is 1.77 bits per heavy atom. The minimum absolute atomic E-state index is 0.0524. The molecule has 4 rings (SSSR count). The van der Waals surface area contributed by atoms with Crippen LogP contribution in [-0.2, 0) is 19.1 Å². The molecule has 1 N–H and O–H groups in total. The molecule has 43 heavy (non-hydrogen) atoms. The molecule has 0 aromatic heterocycles. The van der Waals surface area contributed by atoms with Crippen LogP contribution in [0.5, 0.6) is 0 Å². The first-order valence-corrected chi connectivity index (χ1v) is 16.8. The maximum Gasteiger partial charge on any atom is 0.310 e. The van der Waals surface area contributed by atoms with E-state index in [9.17, 15) is 19.5 Å². The van der Waals surface area contributed by atoms with Gasteiger partial charge in [-0.1, -0.05) is 31.9 Å². The molecule has 1 spiro atoms. The van der Waals surface area contributed by atoms with Crippen LogP contribution in [0.2, 0.25) is 0 Å². The molecule has 3 fully saturated rings. The molecule has 8 nitrogen and oxygen atoms in total. The topological polar surface area (TPSA) is 90.4 Å². The van der Waals surface area contributed by atoms with Gasteiger partial charge in [0.25, 0.3) is 5.91 Å². The molecule has 6 atom stereocenters. The highest BCUT2D eigenvalue weighted by Gasteiger charge is 2.76. The number of hydrogen-bond donors (Lipinski definition) is 1. The summed E-state index contributed by atoms with van der Waals surface area (Å²) >= 11 is 1.67. The van der Waals surface area contributed by atoms with E-state index in [4.69, 9.17) is 4.74 Å². The molecular formula is C34H49N3O5S. The van der Waals surface area contributed by atoms with Crippen LogP contribution in [0.4, 0.5) is 11.4 Å². The highest BCUT2D eigenvalue weighted by Crippen LogP contribution is 2.68. The Morgan fingerprint density at radius 3 is 2.40 bits per heavy atom. The first-order chi connectivity index (χ1) is 20.8. The van der Waals surface area contributed by atoms with Crippen LogP contribution in [0.15, 0.2) is 49.6 Å². The summed E-state index contributed by atoms with van der Waals surface area (Å²) in [6.07, 6.45) is 7.92. The van der Waals surface area contributed by atoms with Crippen LogP contribution in [0, 0.1) is 17.8 Å². The van der Waals surface area contributed by atoms with Gasteiger partial charge >= 0.3 is 5.97 Å². The maximum absolute atomic E-state index is 14.8. The standard InChI is InChI=1S/C34H49N3O5S/c1-6-10-22-42-33(41)28-27-23-24(5)34(43-27)29(28)31(39)37(20-13-11-12-14-21-38)30(34)32(40)36(19-7-2)26-17-15-25(16-18-26)35(8-3)9-4/h6-7,15-18,24,27-30,38H,1-2,8-14,19-23H2,3-5H3/t24?,27-,28+,29+,30?,34?/m1/s1. The van der Waals surface area contributed by atoms with Gasteiger partial charge in [0.05, 0.1) is 23.2 Å². The Bertz CT molecular complexity index is 1160. The van der Waals surface area contributed by atoms with E-state index in [0.717, 1.165) is 50.1 Å². The van der Waals surface area contributed by atoms with E-state index in [1.54, 1.807) is 33.7 Å². The van der Waals surface area contributed by atoms with Gasteiger partial charge in [-0.25, -0.2) is 0 Å². The smallest absolute Gasteiger partial charge is 0.310 e. The van der Waals surface area contributed by atoms with Crippen molar-refractivity contribution < 1.29 is 24.2 Å². The number of hydrogen-bond acceptors (Lipinski definition) is 7. The number of benzene rings is 1. The van der Waals surface area contributed by atoms with Gasteiger partial charge in [-0.3, -0.25) is 14.4 Å². The Kier molecular flexibility index (Phi) is 11.4. The van der Waals surface area contributed by atoms with Gasteiger partial charge in [0.1, 0.15) is 6.04 Å². The van der Waals surface area contributed by atoms with Crippen LogP contribution in [-0.4, -0.2) is 83.2 Å². The van der Waals surface area contributed by atoms with Crippen molar-refractivity contribution in [3.05, 3.63) is 49.6 Å². The summed E-state index contributed by atoms with van der Waals surface area (Å²) in [4.78, 5) is 48.4. The quantitative estimate of drug-likeness (QED) is 0.150. The normalized spacial score (nSPS) is 27.2. The predicted octanol–water partition coefficient (Wildman–Crippen LogP) is 5.06. The molecule has 3 aliphatic heterocycles. The lowest BCUT2D eigenvalue weighted by Crippen LogP contribution is -2.57. The fourth-order valence-corrected chi connectivity index (χ4v) is 9.83. The molecule has 3 heterocycles. The zero-order valence-corrected chi connectivity index (χ0v) is 26.9. The van der Waals surface area contributed by atoms with Gasteiger partial charge < -0.3 is 24.5 Å². The molecule has 0 aliphatic carbocycles. The van der Waals surface area contributed by atoms with E-state index in [2.05, 4.69) is 38.8 Å². The van der Waals surface area contributed by atoms with Crippen molar-refractivity contribution in [2.24, 2.45) is 17.8 Å². The van der Waals surface area contributed by atoms with Crippen molar-refractivity contribution in [2.45, 2.75) is 75.3 Å². The number of ether oxygens (including phenoxy) is 1. The van der Waals surface area contributed by atoms with Crippen molar-refractivity contribution >= 4 is 40.9 Å². The fraction of sp³-hybridized carbons (Fsp3) is 0.618. The fourth-order valence-electron chi connectivity index (χ4n) is 7.43. The Morgan fingerprint density at radius 1 is 1.09 bits per heavy atom. The van der Waals surface area contributed by atoms with Gasteiger partial charge in [0.15, 0.2) is 0 Å². The number of aliphatic hydroxyl groups is 1. The van der Waals surface area contributed by atoms with Gasteiger partial charge in [-0.05, 0) is 69.7 Å². The average Bonchev–Trinajstić information content (AvgIpc) is 3.60. The van der Waals surface area contributed by atoms with E-state index in [-0.39, 0.29) is 42.2 Å². The second-order valence-electron chi connectivity index (χ2n) is 11.9. The molecule has 3 aliphatic rings. The summed E-state index contributed by atoms with van der Waals surface area (Å²) in [5.74, 6) is -1.64. The van der Waals surface area contributed by atoms with Crippen LogP contribution in [0.3, 0.4) is 0 Å². The highest BCUT2D eigenvalue weighted by atomic mass is 32.2. The monoisotopic (exact) mass is 611 g/mol. The van der Waals surface area contributed by atoms with Crippen LogP contribution >= 0.6 is 11.8 Å². The number of fused-ring (bicyclic) bond motifs is 1. The van der Waals surface area contributed by atoms with Crippen molar-refractivity contribution in [3.63, 3.8) is 0 Å². The number of nitrogens with zero attached hydrogens (tertiary/aromatic N) is 3. The summed E-state index contributed by atoms with van der Waals surface area (Å²) in [7, 11) is 0. The van der Waals surface area contributed by atoms with Crippen molar-refractivity contribution in [2.75, 3.05) is 49.2 Å². The van der Waals surface area contributed by atoms with Crippen LogP contribution < -0.4 is 9.80 Å². The van der Waals surface area contributed by atoms with Gasteiger partial charge in [-0.15, -0.1) is 24.9 Å². The number of esters is 1. The second-order valence-corrected chi connectivity index (χ2v) is 13.4. The zero-order valence-electron chi connectivity index (χ0n) is 26.1. The summed E-state index contributed by atoms with van der Waals surface area (Å²) in [6, 6.07) is 7.34.